The van der Waals surface area contributed by atoms with Crippen molar-refractivity contribution in [1.29, 1.82) is 0 Å². The normalized spacial score (nSPS) is 32.0. The first-order chi connectivity index (χ1) is 15.9. The smallest absolute Gasteiger partial charge is 0.0751 e. The Morgan fingerprint density at radius 2 is 1.67 bits per heavy atom. The van der Waals surface area contributed by atoms with Crippen LogP contribution in [-0.2, 0) is 4.74 Å². The maximum absolute atomic E-state index is 10.3. The van der Waals surface area contributed by atoms with E-state index in [-0.39, 0.29) is 0 Å². The lowest BCUT2D eigenvalue weighted by Crippen LogP contribution is -2.33. The van der Waals surface area contributed by atoms with Gasteiger partial charge in [0.05, 0.1) is 30.5 Å². The molecule has 3 N–H and O–H groups in total. The summed E-state index contributed by atoms with van der Waals surface area (Å²) in [6.07, 6.45) is 18.5. The predicted octanol–water partition coefficient (Wildman–Crippen LogP) is 5.60. The van der Waals surface area contributed by atoms with E-state index in [2.05, 4.69) is 24.0 Å². The molecule has 3 fully saturated rings. The summed E-state index contributed by atoms with van der Waals surface area (Å²) in [6, 6.07) is 0. The van der Waals surface area contributed by atoms with Gasteiger partial charge in [0, 0.05) is 12.8 Å². The summed E-state index contributed by atoms with van der Waals surface area (Å²) in [7, 11) is 0. The van der Waals surface area contributed by atoms with Crippen LogP contribution >= 0.6 is 0 Å². The molecule has 3 aliphatic rings. The number of rotatable bonds is 7. The third-order valence-electron chi connectivity index (χ3n) is 8.33. The Morgan fingerprint density at radius 3 is 2.33 bits per heavy atom. The van der Waals surface area contributed by atoms with E-state index in [9.17, 15) is 15.3 Å². The van der Waals surface area contributed by atoms with Gasteiger partial charge >= 0.3 is 0 Å². The molecule has 33 heavy (non-hydrogen) atoms. The second kappa shape index (κ2) is 12.5. The van der Waals surface area contributed by atoms with E-state index < -0.39 is 17.8 Å². The van der Waals surface area contributed by atoms with E-state index >= 15 is 0 Å². The molecule has 4 heteroatoms. The largest absolute Gasteiger partial charge is 0.393 e. The lowest BCUT2D eigenvalue weighted by molar-refractivity contribution is -0.00691. The molecule has 0 radical (unpaired) electrons. The van der Waals surface area contributed by atoms with Crippen molar-refractivity contribution in [2.45, 2.75) is 134 Å². The molecule has 3 rings (SSSR count). The summed E-state index contributed by atoms with van der Waals surface area (Å²) < 4.78 is 6.14. The first kappa shape index (κ1) is 26.5. The van der Waals surface area contributed by atoms with Crippen LogP contribution in [0.25, 0.3) is 0 Å². The highest BCUT2D eigenvalue weighted by Gasteiger charge is 2.37. The average molecular weight is 459 g/mol. The Hall–Kier alpha value is -1.12. The van der Waals surface area contributed by atoms with Crippen molar-refractivity contribution in [3.8, 4) is 11.8 Å². The highest BCUT2D eigenvalue weighted by atomic mass is 16.5. The van der Waals surface area contributed by atoms with Crippen molar-refractivity contribution >= 4 is 0 Å². The molecule has 0 aromatic carbocycles. The monoisotopic (exact) mass is 458 g/mol. The van der Waals surface area contributed by atoms with E-state index in [0.29, 0.717) is 43.8 Å². The predicted molar refractivity (Wildman–Crippen MR) is 134 cm³/mol. The quantitative estimate of drug-likeness (QED) is 0.343. The van der Waals surface area contributed by atoms with Gasteiger partial charge in [0.25, 0.3) is 0 Å². The van der Waals surface area contributed by atoms with Crippen LogP contribution < -0.4 is 0 Å². The second-order valence-electron chi connectivity index (χ2n) is 10.9. The number of ether oxygens (including phenoxy) is 1. The maximum atomic E-state index is 10.3. The molecule has 0 bridgehead atoms. The molecule has 0 saturated heterocycles. The third-order valence-corrected chi connectivity index (χ3v) is 8.33. The van der Waals surface area contributed by atoms with E-state index in [0.717, 1.165) is 32.1 Å². The fraction of sp³-hybridized carbons (Fsp3) is 0.793. The molecular weight excluding hydrogens is 412 g/mol. The van der Waals surface area contributed by atoms with E-state index in [1.807, 2.05) is 13.8 Å². The van der Waals surface area contributed by atoms with Gasteiger partial charge in [-0.1, -0.05) is 37.1 Å². The van der Waals surface area contributed by atoms with Crippen LogP contribution in [0.3, 0.4) is 0 Å². The fourth-order valence-electron chi connectivity index (χ4n) is 5.92. The Morgan fingerprint density at radius 1 is 1.00 bits per heavy atom. The van der Waals surface area contributed by atoms with Crippen molar-refractivity contribution in [3.63, 3.8) is 0 Å². The molecule has 4 nitrogen and oxygen atoms in total. The van der Waals surface area contributed by atoms with Gasteiger partial charge in [-0.2, -0.15) is 0 Å². The molecule has 0 aromatic rings. The first-order valence-corrected chi connectivity index (χ1v) is 13.4. The minimum atomic E-state index is -0.631. The van der Waals surface area contributed by atoms with Gasteiger partial charge in [-0.3, -0.25) is 0 Å². The Labute approximate surface area is 201 Å². The van der Waals surface area contributed by atoms with Gasteiger partial charge in [0.2, 0.25) is 0 Å². The zero-order valence-electron chi connectivity index (χ0n) is 21.0. The van der Waals surface area contributed by atoms with Crippen molar-refractivity contribution in [2.24, 2.45) is 5.41 Å². The summed E-state index contributed by atoms with van der Waals surface area (Å²) in [5, 5.41) is 30.1. The third kappa shape index (κ3) is 8.25. The maximum Gasteiger partial charge on any atom is 0.0751 e. The summed E-state index contributed by atoms with van der Waals surface area (Å²) >= 11 is 0. The van der Waals surface area contributed by atoms with Crippen LogP contribution in [0, 0.1) is 17.3 Å². The van der Waals surface area contributed by atoms with Gasteiger partial charge in [-0.15, -0.1) is 11.8 Å². The van der Waals surface area contributed by atoms with E-state index in [1.54, 1.807) is 0 Å². The SMILES string of the molecule is CCC(O)(CC)CC#CCCOC1CCC2(CCC/C(=C\C=C3C[C@H](O)C[C@@H](O)C3)C2)CC1. The first-order valence-electron chi connectivity index (χ1n) is 13.4. The van der Waals surface area contributed by atoms with Crippen molar-refractivity contribution < 1.29 is 20.1 Å². The minimum absolute atomic E-state index is 0.363. The molecule has 3 aliphatic carbocycles. The lowest BCUT2D eigenvalue weighted by Gasteiger charge is -2.43. The van der Waals surface area contributed by atoms with E-state index in [4.69, 9.17) is 4.74 Å². The van der Waals surface area contributed by atoms with Gasteiger partial charge in [0.15, 0.2) is 0 Å². The van der Waals surface area contributed by atoms with Gasteiger partial charge < -0.3 is 20.1 Å². The number of allylic oxidation sites excluding steroid dienone is 3. The number of aliphatic hydroxyl groups is 3. The molecule has 0 aliphatic heterocycles. The second-order valence-corrected chi connectivity index (χ2v) is 10.9. The van der Waals surface area contributed by atoms with Gasteiger partial charge in [-0.05, 0) is 88.9 Å². The summed E-state index contributed by atoms with van der Waals surface area (Å²) in [4.78, 5) is 0. The minimum Gasteiger partial charge on any atom is -0.393 e. The molecule has 1 spiro atoms. The number of hydrogen-bond acceptors (Lipinski definition) is 4. The van der Waals surface area contributed by atoms with Crippen molar-refractivity contribution in [1.82, 2.24) is 0 Å². The summed E-state index contributed by atoms with van der Waals surface area (Å²) in [5.74, 6) is 6.32. The number of aliphatic hydroxyl groups excluding tert-OH is 2. The molecule has 0 heterocycles. The Bertz CT molecular complexity index is 716. The average Bonchev–Trinajstić information content (AvgIpc) is 2.81. The van der Waals surface area contributed by atoms with Crippen molar-refractivity contribution in [2.75, 3.05) is 6.61 Å². The fourth-order valence-corrected chi connectivity index (χ4v) is 5.92. The zero-order chi connectivity index (χ0) is 23.7. The summed E-state index contributed by atoms with van der Waals surface area (Å²) in [5.41, 5.74) is 2.53. The van der Waals surface area contributed by atoms with Crippen molar-refractivity contribution in [3.05, 3.63) is 23.3 Å². The highest BCUT2D eigenvalue weighted by molar-refractivity contribution is 5.22. The zero-order valence-corrected chi connectivity index (χ0v) is 21.0. The molecular formula is C29H46O4. The lowest BCUT2D eigenvalue weighted by atomic mass is 9.63. The van der Waals surface area contributed by atoms with Gasteiger partial charge in [0.1, 0.15) is 0 Å². The molecule has 2 atom stereocenters. The Balaban J connectivity index is 1.40. The van der Waals surface area contributed by atoms with Crippen LogP contribution in [0.2, 0.25) is 0 Å². The van der Waals surface area contributed by atoms with Crippen LogP contribution in [-0.4, -0.2) is 45.8 Å². The summed E-state index contributed by atoms with van der Waals surface area (Å²) in [6.45, 7) is 4.72. The Kier molecular flexibility index (Phi) is 10.1. The van der Waals surface area contributed by atoms with Crippen LogP contribution in [0.1, 0.15) is 110 Å². The molecule has 3 saturated carbocycles. The van der Waals surface area contributed by atoms with Crippen LogP contribution in [0.15, 0.2) is 23.3 Å². The van der Waals surface area contributed by atoms with Gasteiger partial charge in [-0.25, -0.2) is 0 Å². The highest BCUT2D eigenvalue weighted by Crippen LogP contribution is 2.49. The standard InChI is InChI=1S/C29H46O4/c1-3-29(32,4-2)15-6-5-7-18-33-27-12-16-28(17-13-27)14-8-9-23(22-28)10-11-24-19-25(30)21-26(31)20-24/h10-11,25-27,30-32H,3-4,7-9,12-22H2,1-2H3/b23-10+/t25-,26-,27?,28?/m0/s1. The molecule has 0 unspecified atom stereocenters. The van der Waals surface area contributed by atoms with Crippen LogP contribution in [0.5, 0.6) is 0 Å². The topological polar surface area (TPSA) is 69.9 Å². The number of hydrogen-bond donors (Lipinski definition) is 3. The van der Waals surface area contributed by atoms with Crippen LogP contribution in [0.4, 0.5) is 0 Å². The molecule has 186 valence electrons. The van der Waals surface area contributed by atoms with E-state index in [1.165, 1.54) is 49.7 Å². The molecule has 0 aromatic heterocycles. The molecule has 0 amide bonds.